The van der Waals surface area contributed by atoms with Gasteiger partial charge in [0, 0.05) is 19.5 Å². The van der Waals surface area contributed by atoms with Crippen LogP contribution in [0.2, 0.25) is 0 Å². The number of nitrogens with one attached hydrogen (secondary N) is 1. The summed E-state index contributed by atoms with van der Waals surface area (Å²) in [5.41, 5.74) is 0. The van der Waals surface area contributed by atoms with Crippen LogP contribution in [0, 0.1) is 5.92 Å². The first-order chi connectivity index (χ1) is 26.9. The van der Waals surface area contributed by atoms with Gasteiger partial charge in [-0.3, -0.25) is 9.59 Å². The van der Waals surface area contributed by atoms with Gasteiger partial charge in [-0.15, -0.1) is 0 Å². The Morgan fingerprint density at radius 3 is 1.47 bits per heavy atom. The van der Waals surface area contributed by atoms with Gasteiger partial charge < -0.3 is 15.1 Å². The zero-order valence-corrected chi connectivity index (χ0v) is 38.1. The van der Waals surface area contributed by atoms with E-state index in [1.807, 2.05) is 4.90 Å². The van der Waals surface area contributed by atoms with Gasteiger partial charge in [0.05, 0.1) is 0 Å². The Labute approximate surface area is 345 Å². The van der Waals surface area contributed by atoms with Gasteiger partial charge in [0.2, 0.25) is 11.8 Å². The molecule has 0 aliphatic carbocycles. The summed E-state index contributed by atoms with van der Waals surface area (Å²) in [5, 5.41) is 3.33. The van der Waals surface area contributed by atoms with Gasteiger partial charge in [0.1, 0.15) is 6.04 Å². The molecule has 55 heavy (non-hydrogen) atoms. The fourth-order valence-corrected chi connectivity index (χ4v) is 7.86. The third kappa shape index (κ3) is 34.2. The van der Waals surface area contributed by atoms with Crippen LogP contribution in [0.5, 0.6) is 0 Å². The van der Waals surface area contributed by atoms with E-state index in [1.54, 1.807) is 0 Å². The molecule has 0 aliphatic heterocycles. The van der Waals surface area contributed by atoms with Crippen LogP contribution in [0.3, 0.4) is 0 Å². The SMILES string of the molecule is CCCCC/C=C\C/C=C\CCCCCCCC(=O)N(CCCN(C)C)C(C(=O)NCCCCCCCCCCCCCCCCCC)C(CC)CCCC. The van der Waals surface area contributed by atoms with Gasteiger partial charge in [-0.05, 0) is 84.3 Å². The number of hydrogen-bond acceptors (Lipinski definition) is 3. The summed E-state index contributed by atoms with van der Waals surface area (Å²) in [7, 11) is 4.18. The summed E-state index contributed by atoms with van der Waals surface area (Å²) in [4.78, 5) is 32.1. The minimum atomic E-state index is -0.356. The normalized spacial score (nSPS) is 13.0. The van der Waals surface area contributed by atoms with Crippen LogP contribution in [0.1, 0.15) is 240 Å². The zero-order chi connectivity index (χ0) is 40.5. The maximum atomic E-state index is 14.0. The summed E-state index contributed by atoms with van der Waals surface area (Å²) < 4.78 is 0. The first-order valence-electron chi connectivity index (χ1n) is 24.4. The van der Waals surface area contributed by atoms with Crippen molar-refractivity contribution in [2.75, 3.05) is 33.7 Å². The second-order valence-corrected chi connectivity index (χ2v) is 17.1. The van der Waals surface area contributed by atoms with Crippen molar-refractivity contribution in [3.63, 3.8) is 0 Å². The second kappa shape index (κ2) is 42.0. The fourth-order valence-electron chi connectivity index (χ4n) is 7.86. The number of allylic oxidation sites excluding steroid dienone is 4. The van der Waals surface area contributed by atoms with Gasteiger partial charge in [-0.25, -0.2) is 0 Å². The van der Waals surface area contributed by atoms with Crippen molar-refractivity contribution in [3.8, 4) is 0 Å². The molecule has 2 unspecified atom stereocenters. The highest BCUT2D eigenvalue weighted by molar-refractivity contribution is 5.88. The van der Waals surface area contributed by atoms with E-state index in [4.69, 9.17) is 0 Å². The molecule has 0 fully saturated rings. The topological polar surface area (TPSA) is 52.7 Å². The first kappa shape index (κ1) is 53.4. The van der Waals surface area contributed by atoms with Crippen LogP contribution < -0.4 is 5.32 Å². The number of nitrogens with zero attached hydrogens (tertiary/aromatic N) is 2. The molecule has 2 atom stereocenters. The molecule has 1 N–H and O–H groups in total. The Morgan fingerprint density at radius 2 is 0.964 bits per heavy atom. The van der Waals surface area contributed by atoms with Crippen molar-refractivity contribution in [1.29, 1.82) is 0 Å². The third-order valence-electron chi connectivity index (χ3n) is 11.5. The van der Waals surface area contributed by atoms with Crippen molar-refractivity contribution in [2.45, 2.75) is 246 Å². The van der Waals surface area contributed by atoms with Crippen molar-refractivity contribution in [2.24, 2.45) is 5.92 Å². The predicted molar refractivity (Wildman–Crippen MR) is 244 cm³/mol. The number of amides is 2. The lowest BCUT2D eigenvalue weighted by Gasteiger charge is -2.36. The van der Waals surface area contributed by atoms with Gasteiger partial charge in [-0.2, -0.15) is 0 Å². The third-order valence-corrected chi connectivity index (χ3v) is 11.5. The van der Waals surface area contributed by atoms with E-state index in [2.05, 4.69) is 76.3 Å². The van der Waals surface area contributed by atoms with Gasteiger partial charge in [-0.1, -0.05) is 200 Å². The quantitative estimate of drug-likeness (QED) is 0.0497. The van der Waals surface area contributed by atoms with Crippen molar-refractivity contribution in [1.82, 2.24) is 15.1 Å². The molecule has 0 aromatic rings. The van der Waals surface area contributed by atoms with Crippen molar-refractivity contribution >= 4 is 11.8 Å². The largest absolute Gasteiger partial charge is 0.354 e. The predicted octanol–water partition coefficient (Wildman–Crippen LogP) is 14.5. The number of rotatable bonds is 42. The van der Waals surface area contributed by atoms with Crippen molar-refractivity contribution in [3.05, 3.63) is 24.3 Å². The van der Waals surface area contributed by atoms with Crippen LogP contribution in [0.25, 0.3) is 0 Å². The molecule has 0 rings (SSSR count). The first-order valence-corrected chi connectivity index (χ1v) is 24.4. The van der Waals surface area contributed by atoms with Crippen LogP contribution in [-0.4, -0.2) is 61.4 Å². The lowest BCUT2D eigenvalue weighted by Crippen LogP contribution is -2.54. The molecular formula is C50H97N3O2. The second-order valence-electron chi connectivity index (χ2n) is 17.1. The van der Waals surface area contributed by atoms with E-state index < -0.39 is 0 Å². The molecular weight excluding hydrogens is 675 g/mol. The Kier molecular flexibility index (Phi) is 40.8. The molecule has 0 aromatic carbocycles. The minimum absolute atomic E-state index is 0.0853. The molecule has 324 valence electrons. The summed E-state index contributed by atoms with van der Waals surface area (Å²) in [5.74, 6) is 0.475. The molecule has 0 saturated carbocycles. The molecule has 5 heteroatoms. The smallest absolute Gasteiger partial charge is 0.243 e. The Morgan fingerprint density at radius 1 is 0.509 bits per heavy atom. The summed E-state index contributed by atoms with van der Waals surface area (Å²) in [6, 6.07) is -0.356. The Bertz CT molecular complexity index is 884. The summed E-state index contributed by atoms with van der Waals surface area (Å²) >= 11 is 0. The van der Waals surface area contributed by atoms with Crippen LogP contribution >= 0.6 is 0 Å². The van der Waals surface area contributed by atoms with Crippen LogP contribution in [-0.2, 0) is 9.59 Å². The highest BCUT2D eigenvalue weighted by Gasteiger charge is 2.34. The Hall–Kier alpha value is -1.62. The molecule has 0 radical (unpaired) electrons. The summed E-state index contributed by atoms with van der Waals surface area (Å²) in [6.45, 7) is 11.3. The zero-order valence-electron chi connectivity index (χ0n) is 38.1. The summed E-state index contributed by atoms with van der Waals surface area (Å²) in [6.07, 6.45) is 49.4. The highest BCUT2D eigenvalue weighted by Crippen LogP contribution is 2.24. The molecule has 0 aliphatic rings. The average molecular weight is 772 g/mol. The lowest BCUT2D eigenvalue weighted by atomic mass is 9.89. The van der Waals surface area contributed by atoms with E-state index >= 15 is 0 Å². The molecule has 0 bridgehead atoms. The molecule has 0 aromatic heterocycles. The van der Waals surface area contributed by atoms with E-state index in [1.165, 1.54) is 141 Å². The number of carbonyl (C=O) groups is 2. The van der Waals surface area contributed by atoms with Crippen LogP contribution in [0.4, 0.5) is 0 Å². The molecule has 0 heterocycles. The highest BCUT2D eigenvalue weighted by atomic mass is 16.2. The van der Waals surface area contributed by atoms with E-state index in [-0.39, 0.29) is 23.8 Å². The fraction of sp³-hybridized carbons (Fsp3) is 0.880. The monoisotopic (exact) mass is 772 g/mol. The van der Waals surface area contributed by atoms with Gasteiger partial charge in [0.25, 0.3) is 0 Å². The number of carbonyl (C=O) groups excluding carboxylic acids is 2. The van der Waals surface area contributed by atoms with Crippen LogP contribution in [0.15, 0.2) is 24.3 Å². The maximum absolute atomic E-state index is 14.0. The standard InChI is InChI=1S/C50H97N3O2/c1-7-11-14-16-18-20-22-24-26-28-30-32-34-36-38-40-44-51-50(55)49(47(10-4)42-13-9-3)53(46-41-45-52(5)6)48(54)43-39-37-35-33-31-29-27-25-23-21-19-17-15-12-8-2/h19,21,25,27,47,49H,7-18,20,22-24,26,28-46H2,1-6H3,(H,51,55)/b21-19-,27-25-. The molecule has 5 nitrogen and oxygen atoms in total. The Balaban J connectivity index is 4.73. The molecule has 0 saturated heterocycles. The van der Waals surface area contributed by atoms with Gasteiger partial charge in [0.15, 0.2) is 0 Å². The average Bonchev–Trinajstić information content (AvgIpc) is 3.17. The van der Waals surface area contributed by atoms with E-state index in [0.29, 0.717) is 13.0 Å². The number of hydrogen-bond donors (Lipinski definition) is 1. The van der Waals surface area contributed by atoms with E-state index in [9.17, 15) is 9.59 Å². The maximum Gasteiger partial charge on any atom is 0.243 e. The van der Waals surface area contributed by atoms with Gasteiger partial charge >= 0.3 is 0 Å². The number of unbranched alkanes of at least 4 members (excludes halogenated alkanes) is 24. The van der Waals surface area contributed by atoms with E-state index in [0.717, 1.165) is 77.3 Å². The minimum Gasteiger partial charge on any atom is -0.354 e. The lowest BCUT2D eigenvalue weighted by molar-refractivity contribution is -0.143. The molecule has 2 amide bonds. The molecule has 0 spiro atoms. The van der Waals surface area contributed by atoms with Crippen molar-refractivity contribution < 1.29 is 9.59 Å².